The molecule has 0 bridgehead atoms. The van der Waals surface area contributed by atoms with Crippen LogP contribution in [0.15, 0.2) is 36.7 Å². The maximum absolute atomic E-state index is 9.90. The zero-order valence-corrected chi connectivity index (χ0v) is 20.3. The first-order chi connectivity index (χ1) is 16.3. The van der Waals surface area contributed by atoms with Crippen molar-refractivity contribution in [1.82, 2.24) is 9.97 Å². The first-order valence-electron chi connectivity index (χ1n) is 11.3. The number of nitrogen functional groups attached to an aromatic ring is 1. The second-order valence-electron chi connectivity index (χ2n) is 8.90. The molecule has 178 valence electrons. The third kappa shape index (κ3) is 6.33. The maximum Gasteiger partial charge on any atom is 0.166 e. The monoisotopic (exact) mass is 478 g/mol. The van der Waals surface area contributed by atoms with Gasteiger partial charge in [-0.05, 0) is 56.0 Å². The molecule has 1 fully saturated rings. The number of aliphatic hydroxyl groups is 1. The van der Waals surface area contributed by atoms with Crippen LogP contribution in [0.25, 0.3) is 10.4 Å². The van der Waals surface area contributed by atoms with Gasteiger partial charge in [-0.2, -0.15) is 0 Å². The molecule has 0 saturated carbocycles. The summed E-state index contributed by atoms with van der Waals surface area (Å²) < 4.78 is 11.5. The molecule has 0 atom stereocenters. The van der Waals surface area contributed by atoms with Crippen molar-refractivity contribution < 1.29 is 14.6 Å². The van der Waals surface area contributed by atoms with Crippen molar-refractivity contribution in [2.45, 2.75) is 51.4 Å². The molecule has 34 heavy (non-hydrogen) atoms. The molecule has 4 rings (SSSR count). The van der Waals surface area contributed by atoms with E-state index in [9.17, 15) is 5.11 Å². The molecular formula is C26H30N4O3S. The molecule has 2 aromatic heterocycles. The highest BCUT2D eigenvalue weighted by Gasteiger charge is 2.20. The van der Waals surface area contributed by atoms with Gasteiger partial charge in [-0.1, -0.05) is 17.9 Å². The molecule has 7 nitrogen and oxygen atoms in total. The molecule has 1 saturated heterocycles. The molecule has 0 unspecified atom stereocenters. The lowest BCUT2D eigenvalue weighted by Crippen LogP contribution is -2.14. The number of rotatable bonds is 6. The van der Waals surface area contributed by atoms with Gasteiger partial charge in [0.25, 0.3) is 0 Å². The van der Waals surface area contributed by atoms with Crippen molar-refractivity contribution in [1.29, 1.82) is 0 Å². The van der Waals surface area contributed by atoms with Crippen molar-refractivity contribution in [2.75, 3.05) is 18.9 Å². The maximum atomic E-state index is 9.90. The smallest absolute Gasteiger partial charge is 0.166 e. The summed E-state index contributed by atoms with van der Waals surface area (Å²) in [6, 6.07) is 7.73. The Hall–Kier alpha value is -2.96. The molecule has 3 heterocycles. The summed E-state index contributed by atoms with van der Waals surface area (Å²) in [5.41, 5.74) is 14.4. The van der Waals surface area contributed by atoms with E-state index in [4.69, 9.17) is 20.9 Å². The summed E-state index contributed by atoms with van der Waals surface area (Å²) in [7, 11) is 0. The third-order valence-corrected chi connectivity index (χ3v) is 6.66. The van der Waals surface area contributed by atoms with E-state index < -0.39 is 5.60 Å². The number of thiazole rings is 1. The van der Waals surface area contributed by atoms with Gasteiger partial charge in [0.15, 0.2) is 11.6 Å². The van der Waals surface area contributed by atoms with Gasteiger partial charge >= 0.3 is 0 Å². The highest BCUT2D eigenvalue weighted by molar-refractivity contribution is 7.15. The molecule has 8 heteroatoms. The largest absolute Gasteiger partial charge is 0.485 e. The van der Waals surface area contributed by atoms with Crippen LogP contribution in [0.2, 0.25) is 0 Å². The number of hydrogen-bond donors (Lipinski definition) is 3. The summed E-state index contributed by atoms with van der Waals surface area (Å²) in [5.74, 6) is 7.14. The first kappa shape index (κ1) is 24.2. The van der Waals surface area contributed by atoms with Crippen LogP contribution < -0.4 is 16.2 Å². The van der Waals surface area contributed by atoms with Gasteiger partial charge in [0.1, 0.15) is 12.2 Å². The van der Waals surface area contributed by atoms with Crippen LogP contribution in [-0.2, 0) is 17.9 Å². The lowest BCUT2D eigenvalue weighted by Gasteiger charge is -2.19. The average Bonchev–Trinajstić information content (AvgIpc) is 3.33. The number of hydrogen-bond acceptors (Lipinski definition) is 8. The predicted molar refractivity (Wildman–Crippen MR) is 134 cm³/mol. The number of benzene rings is 1. The van der Waals surface area contributed by atoms with Crippen LogP contribution in [0.1, 0.15) is 54.3 Å². The lowest BCUT2D eigenvalue weighted by molar-refractivity contribution is 0.0853. The van der Waals surface area contributed by atoms with E-state index in [0.717, 1.165) is 58.2 Å². The highest BCUT2D eigenvalue weighted by Crippen LogP contribution is 2.36. The summed E-state index contributed by atoms with van der Waals surface area (Å²) in [6.45, 7) is 5.54. The minimum Gasteiger partial charge on any atom is -0.485 e. The second kappa shape index (κ2) is 10.5. The highest BCUT2D eigenvalue weighted by atomic mass is 32.1. The lowest BCUT2D eigenvalue weighted by atomic mass is 10.0. The van der Waals surface area contributed by atoms with Gasteiger partial charge in [0.05, 0.1) is 9.88 Å². The Kier molecular flexibility index (Phi) is 7.49. The molecule has 0 amide bonds. The molecule has 3 aromatic rings. The molecular weight excluding hydrogens is 448 g/mol. The fourth-order valence-electron chi connectivity index (χ4n) is 3.68. The molecule has 5 N–H and O–H groups in total. The Balaban J connectivity index is 1.51. The number of anilines is 1. The Morgan fingerprint density at radius 1 is 1.15 bits per heavy atom. The van der Waals surface area contributed by atoms with Gasteiger partial charge in [0, 0.05) is 49.2 Å². The van der Waals surface area contributed by atoms with Gasteiger partial charge in [-0.25, -0.2) is 9.97 Å². The van der Waals surface area contributed by atoms with Gasteiger partial charge in [-0.15, -0.1) is 11.3 Å². The van der Waals surface area contributed by atoms with Crippen LogP contribution in [0.4, 0.5) is 5.82 Å². The van der Waals surface area contributed by atoms with Crippen molar-refractivity contribution >= 4 is 17.2 Å². The van der Waals surface area contributed by atoms with E-state index in [1.54, 1.807) is 31.4 Å². The molecule has 1 aromatic carbocycles. The fourth-order valence-corrected chi connectivity index (χ4v) is 4.75. The van der Waals surface area contributed by atoms with Gasteiger partial charge in [0.2, 0.25) is 0 Å². The van der Waals surface area contributed by atoms with Crippen molar-refractivity contribution in [3.8, 4) is 28.0 Å². The standard InChI is InChI=1S/C26H30N4O3S/c1-26(2,31)6-3-17-9-18(13-27)11-19(10-17)16-33-22-12-21(14-29-24(22)28)23-15-30-25(34-23)20-4-7-32-8-5-20/h9-12,14-15,20,31H,4-5,7-8,13,16,27H2,1-2H3,(H2,28,29). The molecule has 0 aliphatic carbocycles. The van der Waals surface area contributed by atoms with Crippen molar-refractivity contribution in [2.24, 2.45) is 5.73 Å². The van der Waals surface area contributed by atoms with Crippen molar-refractivity contribution in [3.05, 3.63) is 58.4 Å². The SMILES string of the molecule is CC(C)(O)C#Cc1cc(CN)cc(COc2cc(-c3cnc(C4CCOCC4)s3)cnc2N)c1. The van der Waals surface area contributed by atoms with E-state index in [0.29, 0.717) is 24.0 Å². The Labute approximate surface area is 204 Å². The summed E-state index contributed by atoms with van der Waals surface area (Å²) >= 11 is 1.68. The second-order valence-corrected chi connectivity index (χ2v) is 9.96. The number of pyridine rings is 1. The first-order valence-corrected chi connectivity index (χ1v) is 12.1. The number of aromatic nitrogens is 2. The predicted octanol–water partition coefficient (Wildman–Crippen LogP) is 3.84. The minimum absolute atomic E-state index is 0.288. The van der Waals surface area contributed by atoms with Gasteiger partial charge < -0.3 is 26.0 Å². The Morgan fingerprint density at radius 3 is 2.65 bits per heavy atom. The summed E-state index contributed by atoms with van der Waals surface area (Å²) in [4.78, 5) is 10.0. The minimum atomic E-state index is -1.07. The number of nitrogens with zero attached hydrogens (tertiary/aromatic N) is 2. The average molecular weight is 479 g/mol. The molecule has 1 aliphatic heterocycles. The molecule has 0 spiro atoms. The van der Waals surface area contributed by atoms with Crippen LogP contribution in [-0.4, -0.2) is 33.9 Å². The zero-order valence-electron chi connectivity index (χ0n) is 19.5. The van der Waals surface area contributed by atoms with E-state index in [1.165, 1.54) is 0 Å². The Morgan fingerprint density at radius 2 is 1.91 bits per heavy atom. The molecule has 1 aliphatic rings. The van der Waals surface area contributed by atoms with E-state index >= 15 is 0 Å². The summed E-state index contributed by atoms with van der Waals surface area (Å²) in [6.07, 6.45) is 5.66. The topological polar surface area (TPSA) is 117 Å². The Bertz CT molecular complexity index is 1200. The van der Waals surface area contributed by atoms with E-state index in [-0.39, 0.29) is 6.61 Å². The number of ether oxygens (including phenoxy) is 2. The van der Waals surface area contributed by atoms with Crippen LogP contribution in [0.3, 0.4) is 0 Å². The van der Waals surface area contributed by atoms with Gasteiger partial charge in [-0.3, -0.25) is 0 Å². The van der Waals surface area contributed by atoms with E-state index in [1.807, 2.05) is 30.5 Å². The van der Waals surface area contributed by atoms with E-state index in [2.05, 4.69) is 21.8 Å². The molecule has 0 radical (unpaired) electrons. The van der Waals surface area contributed by atoms with Crippen LogP contribution >= 0.6 is 11.3 Å². The fraction of sp³-hybridized carbons (Fsp3) is 0.385. The van der Waals surface area contributed by atoms with Crippen LogP contribution in [0, 0.1) is 11.8 Å². The zero-order chi connectivity index (χ0) is 24.1. The quantitative estimate of drug-likeness (QED) is 0.461. The summed E-state index contributed by atoms with van der Waals surface area (Å²) in [5, 5.41) is 11.0. The van der Waals surface area contributed by atoms with Crippen LogP contribution in [0.5, 0.6) is 5.75 Å². The number of nitrogens with two attached hydrogens (primary N) is 2. The third-order valence-electron chi connectivity index (χ3n) is 5.46. The van der Waals surface area contributed by atoms with Crippen molar-refractivity contribution in [3.63, 3.8) is 0 Å². The normalized spacial score (nSPS) is 14.5.